The maximum absolute atomic E-state index is 12.7. The smallest absolute Gasteiger partial charge is 0.508 e. The zero-order chi connectivity index (χ0) is 34.7. The normalized spacial score (nSPS) is 12.6. The Labute approximate surface area is 276 Å². The van der Waals surface area contributed by atoms with Crippen LogP contribution in [0.5, 0.6) is 11.5 Å². The minimum atomic E-state index is -4.77. The molecule has 4 rings (SSSR count). The van der Waals surface area contributed by atoms with Gasteiger partial charge in [-0.25, -0.2) is 0 Å². The van der Waals surface area contributed by atoms with Crippen molar-refractivity contribution in [2.24, 2.45) is 0 Å². The standard InChI is InChI=1S/C36H38F3N3O6/c1-23(40-21-33(45)29-11-14-32(44)30(18-29)22-43)15-26-3-2-4-27(16-26)17-34(46)41-19-24-5-9-28(10-6-24)35(47)42-20-25-7-12-31(13-8-25)48-36(37,38)39/h2-14,16,18,23,33,40,43-45H,15,17,19-22H2,1H3,(H,41,46)(H,42,47)/t23-,33-/m1/s1. The lowest BCUT2D eigenvalue weighted by Gasteiger charge is -2.18. The Bertz CT molecular complexity index is 1660. The van der Waals surface area contributed by atoms with E-state index in [0.29, 0.717) is 28.7 Å². The van der Waals surface area contributed by atoms with Crippen LogP contribution in [0.25, 0.3) is 0 Å². The first-order valence-corrected chi connectivity index (χ1v) is 15.3. The highest BCUT2D eigenvalue weighted by molar-refractivity contribution is 5.94. The zero-order valence-electron chi connectivity index (χ0n) is 26.3. The number of nitrogens with one attached hydrogen (secondary N) is 3. The van der Waals surface area contributed by atoms with Crippen molar-refractivity contribution in [3.63, 3.8) is 0 Å². The van der Waals surface area contributed by atoms with E-state index in [0.717, 1.165) is 16.7 Å². The predicted molar refractivity (Wildman–Crippen MR) is 173 cm³/mol. The molecule has 0 aliphatic rings. The first kappa shape index (κ1) is 35.9. The summed E-state index contributed by atoms with van der Waals surface area (Å²) < 4.78 is 40.8. The molecule has 0 bridgehead atoms. The van der Waals surface area contributed by atoms with Crippen molar-refractivity contribution in [2.45, 2.75) is 58.0 Å². The summed E-state index contributed by atoms with van der Waals surface area (Å²) in [5.74, 6) is -0.871. The van der Waals surface area contributed by atoms with Crippen LogP contribution in [0.1, 0.15) is 56.8 Å². The van der Waals surface area contributed by atoms with Crippen molar-refractivity contribution in [1.82, 2.24) is 16.0 Å². The number of alkyl halides is 3. The lowest BCUT2D eigenvalue weighted by atomic mass is 10.0. The van der Waals surface area contributed by atoms with E-state index in [1.165, 1.54) is 30.3 Å². The van der Waals surface area contributed by atoms with Crippen LogP contribution < -0.4 is 20.7 Å². The second-order valence-corrected chi connectivity index (χ2v) is 11.4. The molecule has 2 amide bonds. The van der Waals surface area contributed by atoms with Gasteiger partial charge in [0.25, 0.3) is 5.91 Å². The van der Waals surface area contributed by atoms with Gasteiger partial charge < -0.3 is 36.0 Å². The molecule has 0 aromatic heterocycles. The van der Waals surface area contributed by atoms with E-state index in [1.807, 2.05) is 31.2 Å². The summed E-state index contributed by atoms with van der Waals surface area (Å²) in [6, 6.07) is 24.4. The molecule has 0 heterocycles. The Kier molecular flexibility index (Phi) is 12.6. The van der Waals surface area contributed by atoms with Crippen LogP contribution in [0, 0.1) is 0 Å². The van der Waals surface area contributed by atoms with Gasteiger partial charge in [0.2, 0.25) is 5.91 Å². The number of phenols is 1. The fraction of sp³-hybridized carbons (Fsp3) is 0.278. The maximum Gasteiger partial charge on any atom is 0.573 e. The van der Waals surface area contributed by atoms with Gasteiger partial charge in [-0.2, -0.15) is 0 Å². The van der Waals surface area contributed by atoms with Crippen LogP contribution in [0.2, 0.25) is 0 Å². The molecule has 0 unspecified atom stereocenters. The molecule has 4 aromatic carbocycles. The Morgan fingerprint density at radius 2 is 1.48 bits per heavy atom. The molecule has 4 aromatic rings. The topological polar surface area (TPSA) is 140 Å². The molecule has 0 saturated heterocycles. The second kappa shape index (κ2) is 16.8. The lowest BCUT2D eigenvalue weighted by Crippen LogP contribution is -2.32. The molecule has 0 saturated carbocycles. The number of amides is 2. The number of halogens is 3. The maximum atomic E-state index is 12.7. The fourth-order valence-corrected chi connectivity index (χ4v) is 4.98. The van der Waals surface area contributed by atoms with Crippen molar-refractivity contribution in [3.05, 3.63) is 130 Å². The first-order valence-electron chi connectivity index (χ1n) is 15.3. The number of rotatable bonds is 15. The molecule has 12 heteroatoms. The number of hydrogen-bond donors (Lipinski definition) is 6. The molecule has 48 heavy (non-hydrogen) atoms. The van der Waals surface area contributed by atoms with Crippen LogP contribution in [0.15, 0.2) is 91.0 Å². The average Bonchev–Trinajstić information content (AvgIpc) is 3.05. The molecule has 2 atom stereocenters. The molecule has 9 nitrogen and oxygen atoms in total. The van der Waals surface area contributed by atoms with Crippen LogP contribution >= 0.6 is 0 Å². The predicted octanol–water partition coefficient (Wildman–Crippen LogP) is 4.83. The Hall–Kier alpha value is -4.91. The summed E-state index contributed by atoms with van der Waals surface area (Å²) >= 11 is 0. The van der Waals surface area contributed by atoms with E-state index in [1.54, 1.807) is 36.4 Å². The number of ether oxygens (including phenoxy) is 1. The van der Waals surface area contributed by atoms with E-state index in [-0.39, 0.29) is 62.0 Å². The highest BCUT2D eigenvalue weighted by Crippen LogP contribution is 2.24. The molecule has 254 valence electrons. The van der Waals surface area contributed by atoms with Crippen molar-refractivity contribution < 1.29 is 42.8 Å². The van der Waals surface area contributed by atoms with Gasteiger partial charge in [0.15, 0.2) is 0 Å². The average molecular weight is 666 g/mol. The van der Waals surface area contributed by atoms with Crippen molar-refractivity contribution in [3.8, 4) is 11.5 Å². The molecule has 0 aliphatic heterocycles. The highest BCUT2D eigenvalue weighted by Gasteiger charge is 2.31. The number of hydrogen-bond acceptors (Lipinski definition) is 7. The zero-order valence-corrected chi connectivity index (χ0v) is 26.3. The van der Waals surface area contributed by atoms with E-state index >= 15 is 0 Å². The van der Waals surface area contributed by atoms with Gasteiger partial charge in [0.05, 0.1) is 19.1 Å². The van der Waals surface area contributed by atoms with Crippen LogP contribution in [-0.4, -0.2) is 46.1 Å². The van der Waals surface area contributed by atoms with Gasteiger partial charge >= 0.3 is 6.36 Å². The quantitative estimate of drug-likeness (QED) is 0.107. The monoisotopic (exact) mass is 665 g/mol. The fourth-order valence-electron chi connectivity index (χ4n) is 4.98. The molecule has 0 spiro atoms. The molecule has 0 aliphatic carbocycles. The SMILES string of the molecule is C[C@H](Cc1cccc(CC(=O)NCc2ccc(C(=O)NCc3ccc(OC(F)(F)F)cc3)cc2)c1)NC[C@@H](O)c1ccc(O)c(CO)c1. The van der Waals surface area contributed by atoms with Gasteiger partial charge in [-0.05, 0) is 77.6 Å². The summed E-state index contributed by atoms with van der Waals surface area (Å²) in [7, 11) is 0. The molecular formula is C36H38F3N3O6. The number of aliphatic hydroxyl groups is 2. The Balaban J connectivity index is 1.18. The number of benzene rings is 4. The van der Waals surface area contributed by atoms with Crippen LogP contribution in [-0.2, 0) is 37.3 Å². The van der Waals surface area contributed by atoms with E-state index in [9.17, 15) is 38.1 Å². The summed E-state index contributed by atoms with van der Waals surface area (Å²) in [5, 5.41) is 38.5. The third kappa shape index (κ3) is 11.4. The molecule has 6 N–H and O–H groups in total. The summed E-state index contributed by atoms with van der Waals surface area (Å²) in [5.41, 5.74) is 4.63. The van der Waals surface area contributed by atoms with E-state index < -0.39 is 12.5 Å². The third-order valence-electron chi connectivity index (χ3n) is 7.53. The van der Waals surface area contributed by atoms with E-state index in [2.05, 4.69) is 20.7 Å². The van der Waals surface area contributed by atoms with Gasteiger partial charge in [0.1, 0.15) is 11.5 Å². The number of carbonyl (C=O) groups is 2. The Morgan fingerprint density at radius 1 is 0.833 bits per heavy atom. The lowest BCUT2D eigenvalue weighted by molar-refractivity contribution is -0.274. The van der Waals surface area contributed by atoms with E-state index in [4.69, 9.17) is 0 Å². The third-order valence-corrected chi connectivity index (χ3v) is 7.53. The van der Waals surface area contributed by atoms with Gasteiger partial charge in [0, 0.05) is 36.8 Å². The summed E-state index contributed by atoms with van der Waals surface area (Å²) in [4.78, 5) is 25.2. The summed E-state index contributed by atoms with van der Waals surface area (Å²) in [6.07, 6.45) is -4.73. The summed E-state index contributed by atoms with van der Waals surface area (Å²) in [6.45, 7) is 2.35. The van der Waals surface area contributed by atoms with Gasteiger partial charge in [-0.15, -0.1) is 13.2 Å². The first-order chi connectivity index (χ1) is 22.9. The van der Waals surface area contributed by atoms with Gasteiger partial charge in [-0.3, -0.25) is 9.59 Å². The minimum Gasteiger partial charge on any atom is -0.508 e. The Morgan fingerprint density at radius 3 is 2.15 bits per heavy atom. The molecule has 0 fully saturated rings. The molecule has 0 radical (unpaired) electrons. The largest absolute Gasteiger partial charge is 0.573 e. The number of carbonyl (C=O) groups excluding carboxylic acids is 2. The molecular weight excluding hydrogens is 627 g/mol. The van der Waals surface area contributed by atoms with Crippen LogP contribution in [0.3, 0.4) is 0 Å². The van der Waals surface area contributed by atoms with Crippen LogP contribution in [0.4, 0.5) is 13.2 Å². The number of aliphatic hydroxyl groups excluding tert-OH is 2. The highest BCUT2D eigenvalue weighted by atomic mass is 19.4. The van der Waals surface area contributed by atoms with Crippen molar-refractivity contribution in [1.29, 1.82) is 0 Å². The minimum absolute atomic E-state index is 0.0196. The van der Waals surface area contributed by atoms with Crippen molar-refractivity contribution in [2.75, 3.05) is 6.54 Å². The second-order valence-electron chi connectivity index (χ2n) is 11.4. The number of aromatic hydroxyl groups is 1. The van der Waals surface area contributed by atoms with Crippen molar-refractivity contribution >= 4 is 11.8 Å². The van der Waals surface area contributed by atoms with Gasteiger partial charge in [-0.1, -0.05) is 54.6 Å².